The molecule has 1 aromatic heterocycles. The fraction of sp³-hybridized carbons (Fsp3) is 0.346. The lowest BCUT2D eigenvalue weighted by atomic mass is 9.89. The number of nitrogens with zero attached hydrogens (tertiary/aromatic N) is 1. The number of nitrogens with one attached hydrogen (secondary N) is 1. The zero-order valence-corrected chi connectivity index (χ0v) is 20.0. The van der Waals surface area contributed by atoms with Crippen LogP contribution in [-0.2, 0) is 28.5 Å². The first-order chi connectivity index (χ1) is 15.5. The summed E-state index contributed by atoms with van der Waals surface area (Å²) in [7, 11) is -3.47. The molecular weight excluding hydrogens is 436 g/mol. The number of pyridine rings is 1. The van der Waals surface area contributed by atoms with Crippen molar-refractivity contribution in [3.8, 4) is 11.1 Å². The summed E-state index contributed by atoms with van der Waals surface area (Å²) in [4.78, 5) is 13.5. The van der Waals surface area contributed by atoms with Crippen LogP contribution >= 0.6 is 0 Å². The van der Waals surface area contributed by atoms with Crippen LogP contribution in [-0.4, -0.2) is 30.4 Å². The van der Waals surface area contributed by atoms with Crippen molar-refractivity contribution in [1.29, 1.82) is 0 Å². The number of hydrogen-bond acceptors (Lipinski definition) is 4. The van der Waals surface area contributed by atoms with Crippen LogP contribution in [0.1, 0.15) is 43.1 Å². The van der Waals surface area contributed by atoms with Crippen LogP contribution < -0.4 is 10.3 Å². The molecule has 0 spiro atoms. The van der Waals surface area contributed by atoms with Crippen molar-refractivity contribution in [3.05, 3.63) is 93.9 Å². The van der Waals surface area contributed by atoms with Gasteiger partial charge in [-0.3, -0.25) is 4.79 Å². The van der Waals surface area contributed by atoms with Gasteiger partial charge in [-0.2, -0.15) is 0 Å². The number of benzene rings is 2. The summed E-state index contributed by atoms with van der Waals surface area (Å²) in [6.45, 7) is 3.17. The smallest absolute Gasteiger partial charge is 0.257 e. The third-order valence-corrected chi connectivity index (χ3v) is 6.94. The molecule has 0 radical (unpaired) electrons. The Balaban J connectivity index is 1.80. The summed E-state index contributed by atoms with van der Waals surface area (Å²) < 4.78 is 28.7. The highest BCUT2D eigenvalue weighted by molar-refractivity contribution is 7.88. The second-order valence-corrected chi connectivity index (χ2v) is 11.1. The van der Waals surface area contributed by atoms with Crippen molar-refractivity contribution in [2.75, 3.05) is 6.26 Å². The van der Waals surface area contributed by atoms with Gasteiger partial charge in [0.2, 0.25) is 10.0 Å². The van der Waals surface area contributed by atoms with E-state index in [0.717, 1.165) is 28.6 Å². The first kappa shape index (κ1) is 23.4. The molecule has 0 saturated carbocycles. The molecule has 174 valence electrons. The van der Waals surface area contributed by atoms with E-state index in [0.29, 0.717) is 24.8 Å². The summed E-state index contributed by atoms with van der Waals surface area (Å²) in [5, 5.41) is 10.5. The van der Waals surface area contributed by atoms with E-state index >= 15 is 0 Å². The Bertz CT molecular complexity index is 1310. The van der Waals surface area contributed by atoms with E-state index in [1.165, 1.54) is 0 Å². The highest BCUT2D eigenvalue weighted by atomic mass is 32.2. The van der Waals surface area contributed by atoms with Gasteiger partial charge < -0.3 is 9.67 Å². The predicted molar refractivity (Wildman–Crippen MR) is 131 cm³/mol. The molecule has 2 aromatic carbocycles. The number of aliphatic hydroxyl groups is 1. The lowest BCUT2D eigenvalue weighted by Gasteiger charge is -2.36. The Labute approximate surface area is 195 Å². The third-order valence-electron chi connectivity index (χ3n) is 6.21. The van der Waals surface area contributed by atoms with E-state index in [-0.39, 0.29) is 5.56 Å². The van der Waals surface area contributed by atoms with Crippen LogP contribution in [0.15, 0.2) is 71.5 Å². The van der Waals surface area contributed by atoms with E-state index in [4.69, 9.17) is 0 Å². The molecule has 6 nitrogen and oxygen atoms in total. The number of sulfonamides is 1. The van der Waals surface area contributed by atoms with E-state index < -0.39 is 27.7 Å². The topological polar surface area (TPSA) is 88.4 Å². The van der Waals surface area contributed by atoms with E-state index in [1.54, 1.807) is 24.5 Å². The molecule has 0 amide bonds. The zero-order valence-electron chi connectivity index (χ0n) is 19.2. The summed E-state index contributed by atoms with van der Waals surface area (Å²) in [6, 6.07) is 20.9. The van der Waals surface area contributed by atoms with Gasteiger partial charge in [-0.15, -0.1) is 0 Å². The van der Waals surface area contributed by atoms with Crippen molar-refractivity contribution in [3.63, 3.8) is 0 Å². The highest BCUT2D eigenvalue weighted by Gasteiger charge is 2.34. The Hall–Kier alpha value is -2.74. The molecule has 1 aliphatic heterocycles. The number of rotatable bonds is 6. The fourth-order valence-electron chi connectivity index (χ4n) is 4.70. The normalized spacial score (nSPS) is 18.7. The van der Waals surface area contributed by atoms with E-state index in [1.807, 2.05) is 54.6 Å². The maximum atomic E-state index is 13.5. The first-order valence-electron chi connectivity index (χ1n) is 11.1. The van der Waals surface area contributed by atoms with Crippen molar-refractivity contribution in [2.45, 2.75) is 50.8 Å². The lowest BCUT2D eigenvalue weighted by molar-refractivity contribution is 0.0758. The van der Waals surface area contributed by atoms with Crippen LogP contribution in [0.5, 0.6) is 0 Å². The van der Waals surface area contributed by atoms with Crippen LogP contribution in [0, 0.1) is 0 Å². The minimum atomic E-state index is -3.47. The molecule has 2 atom stereocenters. The molecule has 0 aliphatic carbocycles. The van der Waals surface area contributed by atoms with Gasteiger partial charge in [0.25, 0.3) is 5.56 Å². The Morgan fingerprint density at radius 2 is 1.73 bits per heavy atom. The standard InChI is InChI=1S/C26H30N2O4S/c1-26(2,30)22-14-12-21-13-15-23(27-33(3,31)32)24(28(21)25(22)29)17-18-8-7-11-20(16-18)19-9-5-4-6-10-19/h4-12,14,16,23-24,27,30H,13,15,17H2,1-3H3. The SMILES string of the molecule is CC(C)(O)c1ccc2n(c1=O)C(Cc1cccc(-c3ccccc3)c1)C(NS(C)(=O)=O)CC2. The summed E-state index contributed by atoms with van der Waals surface area (Å²) in [5.41, 5.74) is 2.75. The van der Waals surface area contributed by atoms with Crippen molar-refractivity contribution >= 4 is 10.0 Å². The molecule has 2 N–H and O–H groups in total. The van der Waals surface area contributed by atoms with Gasteiger partial charge in [0.15, 0.2) is 0 Å². The maximum absolute atomic E-state index is 13.5. The highest BCUT2D eigenvalue weighted by Crippen LogP contribution is 2.30. The Morgan fingerprint density at radius 1 is 1.03 bits per heavy atom. The monoisotopic (exact) mass is 466 g/mol. The minimum absolute atomic E-state index is 0.274. The van der Waals surface area contributed by atoms with E-state index in [9.17, 15) is 18.3 Å². The predicted octanol–water partition coefficient (Wildman–Crippen LogP) is 3.39. The number of aromatic nitrogens is 1. The quantitative estimate of drug-likeness (QED) is 0.583. The molecule has 0 bridgehead atoms. The molecule has 1 aliphatic rings. The molecule has 33 heavy (non-hydrogen) atoms. The van der Waals surface area contributed by atoms with Crippen molar-refractivity contribution < 1.29 is 13.5 Å². The second kappa shape index (κ2) is 8.89. The van der Waals surface area contributed by atoms with E-state index in [2.05, 4.69) is 10.8 Å². The molecule has 3 aromatic rings. The second-order valence-electron chi connectivity index (χ2n) is 9.35. The van der Waals surface area contributed by atoms with Gasteiger partial charge in [0.05, 0.1) is 17.9 Å². The number of aryl methyl sites for hydroxylation is 1. The average Bonchev–Trinajstić information content (AvgIpc) is 2.74. The average molecular weight is 467 g/mol. The number of fused-ring (bicyclic) bond motifs is 1. The van der Waals surface area contributed by atoms with Crippen molar-refractivity contribution in [2.24, 2.45) is 0 Å². The van der Waals surface area contributed by atoms with Gasteiger partial charge in [0.1, 0.15) is 0 Å². The number of hydrogen-bond donors (Lipinski definition) is 2. The molecule has 0 saturated heterocycles. The van der Waals surface area contributed by atoms with Crippen molar-refractivity contribution in [1.82, 2.24) is 9.29 Å². The maximum Gasteiger partial charge on any atom is 0.257 e. The molecule has 2 heterocycles. The molecule has 2 unspecified atom stereocenters. The zero-order chi connectivity index (χ0) is 23.8. The van der Waals surface area contributed by atoms with Gasteiger partial charge in [-0.25, -0.2) is 13.1 Å². The minimum Gasteiger partial charge on any atom is -0.386 e. The lowest BCUT2D eigenvalue weighted by Crippen LogP contribution is -2.49. The fourth-order valence-corrected chi connectivity index (χ4v) is 5.52. The Kier molecular flexibility index (Phi) is 6.31. The molecule has 7 heteroatoms. The molecule has 4 rings (SSSR count). The van der Waals surface area contributed by atoms with Gasteiger partial charge in [-0.1, -0.05) is 54.6 Å². The van der Waals surface area contributed by atoms with Crippen LogP contribution in [0.2, 0.25) is 0 Å². The van der Waals surface area contributed by atoms with Gasteiger partial charge in [0, 0.05) is 17.3 Å². The summed E-state index contributed by atoms with van der Waals surface area (Å²) in [6.07, 6.45) is 2.80. The van der Waals surface area contributed by atoms with Crippen LogP contribution in [0.4, 0.5) is 0 Å². The van der Waals surface area contributed by atoms with Crippen LogP contribution in [0.25, 0.3) is 11.1 Å². The first-order valence-corrected chi connectivity index (χ1v) is 13.0. The van der Waals surface area contributed by atoms with Gasteiger partial charge in [-0.05, 0) is 61.9 Å². The Morgan fingerprint density at radius 3 is 2.39 bits per heavy atom. The largest absolute Gasteiger partial charge is 0.386 e. The molecular formula is C26H30N2O4S. The summed E-state index contributed by atoms with van der Waals surface area (Å²) >= 11 is 0. The van der Waals surface area contributed by atoms with Crippen LogP contribution in [0.3, 0.4) is 0 Å². The summed E-state index contributed by atoms with van der Waals surface area (Å²) in [5.74, 6) is 0. The third kappa shape index (κ3) is 5.27. The molecule has 0 fully saturated rings. The van der Waals surface area contributed by atoms with Gasteiger partial charge >= 0.3 is 0 Å².